The molecule has 0 aromatic heterocycles. The number of benzene rings is 1. The third-order valence-electron chi connectivity index (χ3n) is 3.65. The van der Waals surface area contributed by atoms with Crippen molar-refractivity contribution < 1.29 is 4.74 Å². The highest BCUT2D eigenvalue weighted by atomic mass is 16.5. The number of methoxy groups -OCH3 is 1. The zero-order valence-electron chi connectivity index (χ0n) is 11.5. The summed E-state index contributed by atoms with van der Waals surface area (Å²) in [6, 6.07) is 8.88. The largest absolute Gasteiger partial charge is 0.497 e. The first-order valence-electron chi connectivity index (χ1n) is 6.88. The smallest absolute Gasteiger partial charge is 0.120 e. The highest BCUT2D eigenvalue weighted by Crippen LogP contribution is 2.20. The minimum absolute atomic E-state index is 0.615. The van der Waals surface area contributed by atoms with Crippen molar-refractivity contribution in [2.45, 2.75) is 31.7 Å². The van der Waals surface area contributed by atoms with Crippen molar-refractivity contribution in [1.82, 2.24) is 5.32 Å². The van der Waals surface area contributed by atoms with E-state index in [0.29, 0.717) is 6.04 Å². The Balaban J connectivity index is 1.95. The highest BCUT2D eigenvalue weighted by molar-refractivity contribution is 5.50. The molecule has 0 spiro atoms. The first-order chi connectivity index (χ1) is 8.79. The Morgan fingerprint density at radius 1 is 1.33 bits per heavy atom. The Morgan fingerprint density at radius 2 is 2.22 bits per heavy atom. The second-order valence-electron chi connectivity index (χ2n) is 5.08. The van der Waals surface area contributed by atoms with E-state index in [0.717, 1.165) is 18.8 Å². The van der Waals surface area contributed by atoms with Gasteiger partial charge in [-0.15, -0.1) is 0 Å². The molecule has 1 saturated heterocycles. The van der Waals surface area contributed by atoms with Gasteiger partial charge in [-0.1, -0.05) is 18.9 Å². The molecule has 0 radical (unpaired) electrons. The molecule has 1 heterocycles. The van der Waals surface area contributed by atoms with Crippen LogP contribution in [0.1, 0.15) is 25.7 Å². The van der Waals surface area contributed by atoms with E-state index < -0.39 is 0 Å². The average molecular weight is 248 g/mol. The summed E-state index contributed by atoms with van der Waals surface area (Å²) in [4.78, 5) is 2.31. The molecular formula is C15H24N2O. The third-order valence-corrected chi connectivity index (χ3v) is 3.65. The lowest BCUT2D eigenvalue weighted by Crippen LogP contribution is -2.39. The Hall–Kier alpha value is -1.22. The van der Waals surface area contributed by atoms with Crippen molar-refractivity contribution in [1.29, 1.82) is 0 Å². The molecule has 18 heavy (non-hydrogen) atoms. The van der Waals surface area contributed by atoms with Gasteiger partial charge in [0.1, 0.15) is 5.75 Å². The summed E-state index contributed by atoms with van der Waals surface area (Å²) in [6.07, 6.45) is 5.32. The second-order valence-corrected chi connectivity index (χ2v) is 5.08. The predicted octanol–water partition coefficient (Wildman–Crippen LogP) is 2.66. The van der Waals surface area contributed by atoms with Crippen LogP contribution in [0, 0.1) is 0 Å². The van der Waals surface area contributed by atoms with Gasteiger partial charge in [0.15, 0.2) is 0 Å². The lowest BCUT2D eigenvalue weighted by atomic mass is 10.1. The number of ether oxygens (including phenoxy) is 1. The highest BCUT2D eigenvalue weighted by Gasteiger charge is 2.14. The van der Waals surface area contributed by atoms with Crippen molar-refractivity contribution in [2.24, 2.45) is 0 Å². The molecule has 1 fully saturated rings. The van der Waals surface area contributed by atoms with Crippen molar-refractivity contribution in [3.8, 4) is 5.75 Å². The van der Waals surface area contributed by atoms with Crippen LogP contribution in [0.4, 0.5) is 5.69 Å². The minimum atomic E-state index is 0.615. The molecule has 1 aromatic rings. The summed E-state index contributed by atoms with van der Waals surface area (Å²) in [5, 5.41) is 3.64. The third kappa shape index (κ3) is 3.64. The summed E-state index contributed by atoms with van der Waals surface area (Å²) in [5.74, 6) is 0.924. The maximum Gasteiger partial charge on any atom is 0.120 e. The summed E-state index contributed by atoms with van der Waals surface area (Å²) in [7, 11) is 3.87. The molecule has 3 heteroatoms. The van der Waals surface area contributed by atoms with Gasteiger partial charge in [0, 0.05) is 31.4 Å². The topological polar surface area (TPSA) is 24.5 Å². The number of anilines is 1. The van der Waals surface area contributed by atoms with Crippen LogP contribution < -0.4 is 15.0 Å². The van der Waals surface area contributed by atoms with Gasteiger partial charge in [-0.2, -0.15) is 0 Å². The van der Waals surface area contributed by atoms with Crippen molar-refractivity contribution in [2.75, 3.05) is 32.1 Å². The molecule has 1 atom stereocenters. The summed E-state index contributed by atoms with van der Waals surface area (Å²) >= 11 is 0. The SMILES string of the molecule is COc1cccc(N(C)CC2CCCCCN2)c1. The number of nitrogens with one attached hydrogen (secondary N) is 1. The maximum atomic E-state index is 5.27. The molecular weight excluding hydrogens is 224 g/mol. The molecule has 100 valence electrons. The van der Waals surface area contributed by atoms with E-state index in [2.05, 4.69) is 29.4 Å². The van der Waals surface area contributed by atoms with Gasteiger partial charge < -0.3 is 15.0 Å². The molecule has 0 aliphatic carbocycles. The summed E-state index contributed by atoms with van der Waals surface area (Å²) < 4.78 is 5.27. The Labute approximate surface area is 110 Å². The van der Waals surface area contributed by atoms with Gasteiger partial charge in [-0.25, -0.2) is 0 Å². The van der Waals surface area contributed by atoms with Crippen LogP contribution in [0.3, 0.4) is 0 Å². The maximum absolute atomic E-state index is 5.27. The fourth-order valence-electron chi connectivity index (χ4n) is 2.54. The van der Waals surface area contributed by atoms with Gasteiger partial charge in [0.25, 0.3) is 0 Å². The lowest BCUT2D eigenvalue weighted by molar-refractivity contribution is 0.414. The van der Waals surface area contributed by atoms with Crippen molar-refractivity contribution in [3.05, 3.63) is 24.3 Å². The van der Waals surface area contributed by atoms with Crippen LogP contribution in [-0.2, 0) is 0 Å². The second kappa shape index (κ2) is 6.64. The normalized spacial score (nSPS) is 20.2. The predicted molar refractivity (Wildman–Crippen MR) is 76.5 cm³/mol. The number of hydrogen-bond donors (Lipinski definition) is 1. The van der Waals surface area contributed by atoms with E-state index in [4.69, 9.17) is 4.74 Å². The summed E-state index contributed by atoms with van der Waals surface area (Å²) in [5.41, 5.74) is 1.22. The average Bonchev–Trinajstić information content (AvgIpc) is 2.67. The van der Waals surface area contributed by atoms with Crippen LogP contribution >= 0.6 is 0 Å². The molecule has 0 saturated carbocycles. The minimum Gasteiger partial charge on any atom is -0.497 e. The molecule has 1 aromatic carbocycles. The molecule has 1 N–H and O–H groups in total. The molecule has 1 aliphatic rings. The van der Waals surface area contributed by atoms with E-state index in [1.807, 2.05) is 12.1 Å². The van der Waals surface area contributed by atoms with Crippen LogP contribution in [0.15, 0.2) is 24.3 Å². The number of hydrogen-bond acceptors (Lipinski definition) is 3. The monoisotopic (exact) mass is 248 g/mol. The van der Waals surface area contributed by atoms with E-state index in [1.165, 1.54) is 31.4 Å². The standard InChI is InChI=1S/C15H24N2O/c1-17(12-13-7-4-3-5-10-16-13)14-8-6-9-15(11-14)18-2/h6,8-9,11,13,16H,3-5,7,10,12H2,1-2H3. The summed E-state index contributed by atoms with van der Waals surface area (Å²) in [6.45, 7) is 2.23. The van der Waals surface area contributed by atoms with Crippen LogP contribution in [-0.4, -0.2) is 33.3 Å². The molecule has 0 bridgehead atoms. The lowest BCUT2D eigenvalue weighted by Gasteiger charge is -2.26. The number of rotatable bonds is 4. The van der Waals surface area contributed by atoms with Crippen LogP contribution in [0.25, 0.3) is 0 Å². The first kappa shape index (κ1) is 13.2. The van der Waals surface area contributed by atoms with Gasteiger partial charge in [0.2, 0.25) is 0 Å². The zero-order valence-corrected chi connectivity index (χ0v) is 11.5. The number of likely N-dealkylation sites (N-methyl/N-ethyl adjacent to an activating group) is 1. The molecule has 2 rings (SSSR count). The molecule has 3 nitrogen and oxygen atoms in total. The molecule has 1 aliphatic heterocycles. The fourth-order valence-corrected chi connectivity index (χ4v) is 2.54. The zero-order chi connectivity index (χ0) is 12.8. The van der Waals surface area contributed by atoms with Gasteiger partial charge >= 0.3 is 0 Å². The van der Waals surface area contributed by atoms with Crippen molar-refractivity contribution >= 4 is 5.69 Å². The Bertz CT molecular complexity index is 359. The van der Waals surface area contributed by atoms with E-state index >= 15 is 0 Å². The molecule has 1 unspecified atom stereocenters. The quantitative estimate of drug-likeness (QED) is 0.886. The first-order valence-corrected chi connectivity index (χ1v) is 6.88. The number of nitrogens with zero attached hydrogens (tertiary/aromatic N) is 1. The van der Waals surface area contributed by atoms with Gasteiger partial charge in [0.05, 0.1) is 7.11 Å². The van der Waals surface area contributed by atoms with Gasteiger partial charge in [-0.3, -0.25) is 0 Å². The van der Waals surface area contributed by atoms with Crippen molar-refractivity contribution in [3.63, 3.8) is 0 Å². The Kier molecular flexibility index (Phi) is 4.88. The van der Waals surface area contributed by atoms with E-state index in [-0.39, 0.29) is 0 Å². The van der Waals surface area contributed by atoms with Gasteiger partial charge in [-0.05, 0) is 31.5 Å². The van der Waals surface area contributed by atoms with Crippen LogP contribution in [0.5, 0.6) is 5.75 Å². The van der Waals surface area contributed by atoms with Crippen LogP contribution in [0.2, 0.25) is 0 Å². The fraction of sp³-hybridized carbons (Fsp3) is 0.600. The van der Waals surface area contributed by atoms with E-state index in [1.54, 1.807) is 7.11 Å². The Morgan fingerprint density at radius 3 is 3.06 bits per heavy atom. The van der Waals surface area contributed by atoms with E-state index in [9.17, 15) is 0 Å². The molecule has 0 amide bonds.